The summed E-state index contributed by atoms with van der Waals surface area (Å²) >= 11 is 0. The van der Waals surface area contributed by atoms with Gasteiger partial charge >= 0.3 is 5.97 Å². The van der Waals surface area contributed by atoms with Gasteiger partial charge in [0.25, 0.3) is 0 Å². The van der Waals surface area contributed by atoms with Crippen molar-refractivity contribution in [3.05, 3.63) is 48.7 Å². The van der Waals surface area contributed by atoms with E-state index in [-0.39, 0.29) is 12.4 Å². The van der Waals surface area contributed by atoms with E-state index in [4.69, 9.17) is 9.47 Å². The SMILES string of the molecule is COC(=O)Cc1ncc(Oc2ccnc3ccncc23)cc1OC. The van der Waals surface area contributed by atoms with E-state index in [0.717, 1.165) is 10.9 Å². The predicted octanol–water partition coefficient (Wildman–Crippen LogP) is 2.54. The van der Waals surface area contributed by atoms with Crippen LogP contribution in [-0.2, 0) is 16.0 Å². The highest BCUT2D eigenvalue weighted by atomic mass is 16.5. The summed E-state index contributed by atoms with van der Waals surface area (Å²) in [5.74, 6) is 1.16. The van der Waals surface area contributed by atoms with Crippen LogP contribution in [0.4, 0.5) is 0 Å². The minimum atomic E-state index is -0.388. The lowest BCUT2D eigenvalue weighted by Crippen LogP contribution is -2.07. The Morgan fingerprint density at radius 1 is 1.08 bits per heavy atom. The van der Waals surface area contributed by atoms with Crippen molar-refractivity contribution in [3.63, 3.8) is 0 Å². The third-order valence-corrected chi connectivity index (χ3v) is 3.40. The number of hydrogen-bond acceptors (Lipinski definition) is 7. The summed E-state index contributed by atoms with van der Waals surface area (Å²) in [5, 5.41) is 0.789. The Morgan fingerprint density at radius 3 is 2.75 bits per heavy atom. The maximum Gasteiger partial charge on any atom is 0.311 e. The van der Waals surface area contributed by atoms with Gasteiger partial charge < -0.3 is 14.2 Å². The van der Waals surface area contributed by atoms with Crippen LogP contribution in [0.5, 0.6) is 17.2 Å². The molecule has 122 valence electrons. The number of esters is 1. The van der Waals surface area contributed by atoms with Gasteiger partial charge in [-0.25, -0.2) is 0 Å². The topological polar surface area (TPSA) is 83.4 Å². The number of aromatic nitrogens is 3. The molecule has 0 amide bonds. The van der Waals surface area contributed by atoms with Gasteiger partial charge in [-0.3, -0.25) is 19.7 Å². The molecule has 7 heteroatoms. The molecule has 3 aromatic heterocycles. The summed E-state index contributed by atoms with van der Waals surface area (Å²) in [5.41, 5.74) is 1.27. The molecule has 0 fully saturated rings. The van der Waals surface area contributed by atoms with Crippen molar-refractivity contribution in [2.75, 3.05) is 14.2 Å². The fraction of sp³-hybridized carbons (Fsp3) is 0.176. The number of hydrogen-bond donors (Lipinski definition) is 0. The Morgan fingerprint density at radius 2 is 1.96 bits per heavy atom. The van der Waals surface area contributed by atoms with Crippen molar-refractivity contribution in [1.82, 2.24) is 15.0 Å². The molecule has 3 rings (SSSR count). The average Bonchev–Trinajstić information content (AvgIpc) is 2.63. The molecule has 0 aromatic carbocycles. The van der Waals surface area contributed by atoms with Crippen LogP contribution in [0.3, 0.4) is 0 Å². The normalized spacial score (nSPS) is 10.4. The second-order valence-corrected chi connectivity index (χ2v) is 4.88. The first-order chi connectivity index (χ1) is 11.7. The van der Waals surface area contributed by atoms with Crippen molar-refractivity contribution < 1.29 is 19.0 Å². The van der Waals surface area contributed by atoms with E-state index in [1.165, 1.54) is 20.4 Å². The molecule has 0 saturated heterocycles. The quantitative estimate of drug-likeness (QED) is 0.666. The molecule has 3 aromatic rings. The van der Waals surface area contributed by atoms with Crippen molar-refractivity contribution in [2.24, 2.45) is 0 Å². The van der Waals surface area contributed by atoms with Gasteiger partial charge in [0.2, 0.25) is 0 Å². The maximum absolute atomic E-state index is 11.4. The van der Waals surface area contributed by atoms with Gasteiger partial charge in [-0.1, -0.05) is 0 Å². The van der Waals surface area contributed by atoms with Crippen LogP contribution in [0, 0.1) is 0 Å². The second kappa shape index (κ2) is 6.91. The fourth-order valence-electron chi connectivity index (χ4n) is 2.21. The molecule has 0 spiro atoms. The second-order valence-electron chi connectivity index (χ2n) is 4.88. The van der Waals surface area contributed by atoms with Crippen LogP contribution in [0.2, 0.25) is 0 Å². The summed E-state index contributed by atoms with van der Waals surface area (Å²) in [6.45, 7) is 0. The molecule has 0 aliphatic rings. The highest BCUT2D eigenvalue weighted by molar-refractivity contribution is 5.84. The molecule has 0 aliphatic heterocycles. The van der Waals surface area contributed by atoms with Crippen LogP contribution in [0.25, 0.3) is 10.9 Å². The van der Waals surface area contributed by atoms with Crippen LogP contribution >= 0.6 is 0 Å². The molecule has 0 N–H and O–H groups in total. The van der Waals surface area contributed by atoms with E-state index in [0.29, 0.717) is 22.9 Å². The number of pyridine rings is 3. The van der Waals surface area contributed by atoms with Gasteiger partial charge in [-0.15, -0.1) is 0 Å². The Balaban J connectivity index is 1.91. The average molecular weight is 325 g/mol. The van der Waals surface area contributed by atoms with E-state index in [2.05, 4.69) is 19.7 Å². The number of carbonyl (C=O) groups is 1. The number of methoxy groups -OCH3 is 2. The van der Waals surface area contributed by atoms with Gasteiger partial charge in [-0.2, -0.15) is 0 Å². The summed E-state index contributed by atoms with van der Waals surface area (Å²) in [6, 6.07) is 5.23. The summed E-state index contributed by atoms with van der Waals surface area (Å²) in [7, 11) is 2.84. The molecule has 3 heterocycles. The van der Waals surface area contributed by atoms with Gasteiger partial charge in [-0.05, 0) is 12.1 Å². The summed E-state index contributed by atoms with van der Waals surface area (Å²) in [6.07, 6.45) is 6.58. The molecule has 0 unspecified atom stereocenters. The first kappa shape index (κ1) is 15.7. The predicted molar refractivity (Wildman–Crippen MR) is 86.1 cm³/mol. The van der Waals surface area contributed by atoms with E-state index in [1.54, 1.807) is 36.8 Å². The van der Waals surface area contributed by atoms with Crippen molar-refractivity contribution >= 4 is 16.9 Å². The number of fused-ring (bicyclic) bond motifs is 1. The highest BCUT2D eigenvalue weighted by Gasteiger charge is 2.13. The van der Waals surface area contributed by atoms with Crippen LogP contribution in [-0.4, -0.2) is 35.1 Å². The minimum absolute atomic E-state index is 0.0298. The van der Waals surface area contributed by atoms with Crippen molar-refractivity contribution in [2.45, 2.75) is 6.42 Å². The zero-order chi connectivity index (χ0) is 16.9. The number of ether oxygens (including phenoxy) is 3. The first-order valence-corrected chi connectivity index (χ1v) is 7.17. The number of rotatable bonds is 5. The fourth-order valence-corrected chi connectivity index (χ4v) is 2.21. The number of carbonyl (C=O) groups excluding carboxylic acids is 1. The third-order valence-electron chi connectivity index (χ3n) is 3.40. The molecule has 0 atom stereocenters. The first-order valence-electron chi connectivity index (χ1n) is 7.17. The zero-order valence-corrected chi connectivity index (χ0v) is 13.2. The Hall–Kier alpha value is -3.22. The molecule has 24 heavy (non-hydrogen) atoms. The minimum Gasteiger partial charge on any atom is -0.495 e. The van der Waals surface area contributed by atoms with E-state index in [1.807, 2.05) is 0 Å². The Kier molecular flexibility index (Phi) is 4.51. The van der Waals surface area contributed by atoms with Crippen LogP contribution in [0.1, 0.15) is 5.69 Å². The van der Waals surface area contributed by atoms with E-state index >= 15 is 0 Å². The van der Waals surface area contributed by atoms with E-state index in [9.17, 15) is 4.79 Å². The highest BCUT2D eigenvalue weighted by Crippen LogP contribution is 2.30. The van der Waals surface area contributed by atoms with Crippen molar-refractivity contribution in [1.29, 1.82) is 0 Å². The van der Waals surface area contributed by atoms with Gasteiger partial charge in [0.15, 0.2) is 0 Å². The molecular weight excluding hydrogens is 310 g/mol. The molecule has 0 radical (unpaired) electrons. The van der Waals surface area contributed by atoms with Crippen molar-refractivity contribution in [3.8, 4) is 17.2 Å². The smallest absolute Gasteiger partial charge is 0.311 e. The largest absolute Gasteiger partial charge is 0.495 e. The van der Waals surface area contributed by atoms with E-state index < -0.39 is 0 Å². The van der Waals surface area contributed by atoms with Gasteiger partial charge in [0, 0.05) is 24.7 Å². The lowest BCUT2D eigenvalue weighted by Gasteiger charge is -2.11. The monoisotopic (exact) mass is 325 g/mol. The summed E-state index contributed by atoms with van der Waals surface area (Å²) < 4.78 is 15.8. The zero-order valence-electron chi connectivity index (χ0n) is 13.2. The molecular formula is C17H15N3O4. The summed E-state index contributed by atoms with van der Waals surface area (Å²) in [4.78, 5) is 24.0. The van der Waals surface area contributed by atoms with Crippen LogP contribution < -0.4 is 9.47 Å². The Labute approximate surface area is 138 Å². The van der Waals surface area contributed by atoms with Gasteiger partial charge in [0.1, 0.15) is 17.2 Å². The molecule has 7 nitrogen and oxygen atoms in total. The molecule has 0 bridgehead atoms. The molecule has 0 saturated carbocycles. The molecule has 0 aliphatic carbocycles. The Bertz CT molecular complexity index is 877. The van der Waals surface area contributed by atoms with Gasteiger partial charge in [0.05, 0.1) is 43.4 Å². The third kappa shape index (κ3) is 3.24. The lowest BCUT2D eigenvalue weighted by molar-refractivity contribution is -0.139. The van der Waals surface area contributed by atoms with Crippen LogP contribution in [0.15, 0.2) is 43.0 Å². The lowest BCUT2D eigenvalue weighted by atomic mass is 10.2. The standard InChI is InChI=1S/C17H15N3O4/c1-22-16-7-11(9-20-14(16)8-17(21)23-2)24-15-4-6-19-13-3-5-18-10-12(13)15/h3-7,9-10H,8H2,1-2H3. The number of nitrogens with zero attached hydrogens (tertiary/aromatic N) is 3. The maximum atomic E-state index is 11.4.